The van der Waals surface area contributed by atoms with Crippen LogP contribution in [0.5, 0.6) is 5.75 Å². The van der Waals surface area contributed by atoms with Crippen LogP contribution in [0, 0.1) is 0 Å². The van der Waals surface area contributed by atoms with Gasteiger partial charge in [-0.05, 0) is 38.4 Å². The second-order valence-electron chi connectivity index (χ2n) is 10.7. The quantitative estimate of drug-likeness (QED) is 0.0715. The Morgan fingerprint density at radius 3 is 0.860 bits per heavy atom. The summed E-state index contributed by atoms with van der Waals surface area (Å²) in [5.41, 5.74) is 0.617. The van der Waals surface area contributed by atoms with Gasteiger partial charge in [0.1, 0.15) is 18.6 Å². The van der Waals surface area contributed by atoms with Crippen molar-refractivity contribution < 1.29 is 66.4 Å². The van der Waals surface area contributed by atoms with E-state index in [1.54, 1.807) is 24.3 Å². The lowest BCUT2D eigenvalue weighted by molar-refractivity contribution is -0.0286. The van der Waals surface area contributed by atoms with Gasteiger partial charge in [-0.3, -0.25) is 4.79 Å². The molecule has 0 N–H and O–H groups in total. The number of rotatable bonds is 41. The van der Waals surface area contributed by atoms with Gasteiger partial charge < -0.3 is 66.5 Å². The molecule has 15 heteroatoms. The topological polar surface area (TPSA) is 140 Å². The first-order valence-electron chi connectivity index (χ1n) is 17.5. The molecule has 0 aliphatic rings. The lowest BCUT2D eigenvalue weighted by Crippen LogP contribution is -2.19. The van der Waals surface area contributed by atoms with Crippen molar-refractivity contribution in [3.05, 3.63) is 29.8 Å². The first kappa shape index (κ1) is 46.2. The van der Waals surface area contributed by atoms with Crippen molar-refractivity contribution in [2.45, 2.75) is 0 Å². The van der Waals surface area contributed by atoms with Gasteiger partial charge >= 0.3 is 0 Å². The lowest BCUT2D eigenvalue weighted by Gasteiger charge is -2.10. The van der Waals surface area contributed by atoms with Gasteiger partial charge in [-0.2, -0.15) is 0 Å². The number of carbonyl (C=O) groups is 1. The molecule has 0 aromatic heterocycles. The third-order valence-electron chi connectivity index (χ3n) is 6.29. The van der Waals surface area contributed by atoms with E-state index in [-0.39, 0.29) is 0 Å². The average Bonchev–Trinajstić information content (AvgIpc) is 3.12. The molecule has 0 fully saturated rings. The van der Waals surface area contributed by atoms with E-state index in [9.17, 15) is 4.79 Å². The molecule has 0 atom stereocenters. The number of likely N-dealkylation sites (N-methyl/N-ethyl adjacent to an activating group) is 1. The summed E-state index contributed by atoms with van der Waals surface area (Å²) in [5, 5.41) is 0. The molecule has 0 bridgehead atoms. The summed E-state index contributed by atoms with van der Waals surface area (Å²) < 4.78 is 71.2. The van der Waals surface area contributed by atoms with Gasteiger partial charge in [0, 0.05) is 12.1 Å². The maximum atomic E-state index is 10.6. The molecule has 0 radical (unpaired) electrons. The summed E-state index contributed by atoms with van der Waals surface area (Å²) in [6.45, 7) is 13.8. The van der Waals surface area contributed by atoms with Gasteiger partial charge in [0.25, 0.3) is 0 Å². The van der Waals surface area contributed by atoms with Gasteiger partial charge in [-0.25, -0.2) is 0 Å². The second kappa shape index (κ2) is 38.4. The fourth-order valence-corrected chi connectivity index (χ4v) is 3.63. The van der Waals surface area contributed by atoms with Crippen LogP contribution in [0.15, 0.2) is 24.3 Å². The Kier molecular flexibility index (Phi) is 35.5. The molecular weight excluding hydrogens is 658 g/mol. The summed E-state index contributed by atoms with van der Waals surface area (Å²) >= 11 is 0. The number of ether oxygens (including phenoxy) is 13. The van der Waals surface area contributed by atoms with Crippen LogP contribution in [0.3, 0.4) is 0 Å². The molecule has 0 spiro atoms. The van der Waals surface area contributed by atoms with Gasteiger partial charge in [0.15, 0.2) is 0 Å². The highest BCUT2D eigenvalue weighted by Gasteiger charge is 1.98. The van der Waals surface area contributed by atoms with Crippen LogP contribution < -0.4 is 4.74 Å². The Balaban J connectivity index is 1.62. The standard InChI is InChI=1S/C35H63NO14/c1-36(2)7-8-38-9-10-39-11-12-40-13-14-41-15-16-42-17-18-43-19-20-44-21-22-45-23-24-46-25-26-47-27-28-48-29-30-49-31-32-50-35-5-3-34(33-37)4-6-35/h3-6,33H,7-32H2,1-2H3. The predicted octanol–water partition coefficient (Wildman–Crippen LogP) is 1.64. The minimum absolute atomic E-state index is 0.429. The first-order chi connectivity index (χ1) is 24.7. The van der Waals surface area contributed by atoms with Crippen LogP contribution in [0.1, 0.15) is 10.4 Å². The molecule has 50 heavy (non-hydrogen) atoms. The van der Waals surface area contributed by atoms with E-state index in [4.69, 9.17) is 61.6 Å². The molecule has 0 saturated carbocycles. The van der Waals surface area contributed by atoms with Crippen molar-refractivity contribution >= 4 is 6.29 Å². The molecule has 0 aliphatic carbocycles. The monoisotopic (exact) mass is 721 g/mol. The highest BCUT2D eigenvalue weighted by molar-refractivity contribution is 5.74. The van der Waals surface area contributed by atoms with Crippen LogP contribution >= 0.6 is 0 Å². The number of aldehydes is 1. The molecule has 0 heterocycles. The minimum atomic E-state index is 0.429. The van der Waals surface area contributed by atoms with Crippen molar-refractivity contribution in [3.8, 4) is 5.75 Å². The number of benzene rings is 1. The first-order valence-corrected chi connectivity index (χ1v) is 17.5. The number of carbonyl (C=O) groups excluding carboxylic acids is 1. The van der Waals surface area contributed by atoms with E-state index in [0.717, 1.165) is 12.8 Å². The molecule has 1 aromatic rings. The van der Waals surface area contributed by atoms with Crippen LogP contribution in [0.25, 0.3) is 0 Å². The maximum absolute atomic E-state index is 10.6. The SMILES string of the molecule is CN(C)CCOCCOCCOCCOCCOCCOCCOCCOCCOCCOCCOCCOCCOc1ccc(C=O)cc1. The summed E-state index contributed by atoms with van der Waals surface area (Å²) in [7, 11) is 4.04. The molecule has 0 saturated heterocycles. The van der Waals surface area contributed by atoms with Crippen LogP contribution in [-0.2, 0) is 56.8 Å². The number of hydrogen-bond acceptors (Lipinski definition) is 15. The molecule has 0 aliphatic heterocycles. The molecule has 1 rings (SSSR count). The van der Waals surface area contributed by atoms with Crippen molar-refractivity contribution in [2.24, 2.45) is 0 Å². The zero-order valence-electron chi connectivity index (χ0n) is 30.4. The van der Waals surface area contributed by atoms with E-state index in [2.05, 4.69) is 4.90 Å². The third kappa shape index (κ3) is 34.6. The Labute approximate surface area is 298 Å². The minimum Gasteiger partial charge on any atom is -0.491 e. The van der Waals surface area contributed by atoms with Crippen molar-refractivity contribution in [3.63, 3.8) is 0 Å². The smallest absolute Gasteiger partial charge is 0.150 e. The zero-order valence-corrected chi connectivity index (χ0v) is 30.4. The molecular formula is C35H63NO14. The summed E-state index contributed by atoms with van der Waals surface area (Å²) in [4.78, 5) is 12.7. The fourth-order valence-electron chi connectivity index (χ4n) is 3.63. The van der Waals surface area contributed by atoms with E-state index in [0.29, 0.717) is 176 Å². The summed E-state index contributed by atoms with van der Waals surface area (Å²) in [6.07, 6.45) is 0.798. The largest absolute Gasteiger partial charge is 0.491 e. The van der Waals surface area contributed by atoms with E-state index in [1.165, 1.54) is 0 Å². The number of hydrogen-bond donors (Lipinski definition) is 0. The maximum Gasteiger partial charge on any atom is 0.150 e. The normalized spacial score (nSPS) is 11.5. The summed E-state index contributed by atoms with van der Waals surface area (Å²) in [6, 6.07) is 6.93. The molecule has 15 nitrogen and oxygen atoms in total. The van der Waals surface area contributed by atoms with Crippen molar-refractivity contribution in [2.75, 3.05) is 186 Å². The lowest BCUT2D eigenvalue weighted by atomic mass is 10.2. The third-order valence-corrected chi connectivity index (χ3v) is 6.29. The Morgan fingerprint density at radius 2 is 0.620 bits per heavy atom. The van der Waals surface area contributed by atoms with Crippen LogP contribution in [0.2, 0.25) is 0 Å². The van der Waals surface area contributed by atoms with Gasteiger partial charge in [-0.15, -0.1) is 0 Å². The Hall–Kier alpha value is -1.83. The Bertz CT molecular complexity index is 821. The molecule has 1 aromatic carbocycles. The van der Waals surface area contributed by atoms with Crippen LogP contribution in [-0.4, -0.2) is 197 Å². The number of nitrogens with zero attached hydrogens (tertiary/aromatic N) is 1. The summed E-state index contributed by atoms with van der Waals surface area (Å²) in [5.74, 6) is 0.703. The fraction of sp³-hybridized carbons (Fsp3) is 0.800. The van der Waals surface area contributed by atoms with Crippen molar-refractivity contribution in [1.82, 2.24) is 4.90 Å². The molecule has 0 unspecified atom stereocenters. The van der Waals surface area contributed by atoms with Gasteiger partial charge in [0.2, 0.25) is 0 Å². The second-order valence-corrected chi connectivity index (χ2v) is 10.7. The van der Waals surface area contributed by atoms with Gasteiger partial charge in [0.05, 0.1) is 159 Å². The molecule has 0 amide bonds. The van der Waals surface area contributed by atoms with Crippen LogP contribution in [0.4, 0.5) is 0 Å². The van der Waals surface area contributed by atoms with E-state index in [1.807, 2.05) is 14.1 Å². The van der Waals surface area contributed by atoms with E-state index >= 15 is 0 Å². The zero-order chi connectivity index (χ0) is 35.8. The van der Waals surface area contributed by atoms with Gasteiger partial charge in [-0.1, -0.05) is 0 Å². The highest BCUT2D eigenvalue weighted by Crippen LogP contribution is 2.10. The van der Waals surface area contributed by atoms with E-state index < -0.39 is 0 Å². The average molecular weight is 722 g/mol. The highest BCUT2D eigenvalue weighted by atomic mass is 16.6. The van der Waals surface area contributed by atoms with Crippen molar-refractivity contribution in [1.29, 1.82) is 0 Å². The Morgan fingerprint density at radius 1 is 0.380 bits per heavy atom. The molecule has 292 valence electrons. The predicted molar refractivity (Wildman–Crippen MR) is 186 cm³/mol.